The van der Waals surface area contributed by atoms with Crippen molar-refractivity contribution < 1.29 is 18.0 Å². The van der Waals surface area contributed by atoms with E-state index in [9.17, 15) is 18.0 Å². The quantitative estimate of drug-likeness (QED) is 0.709. The van der Waals surface area contributed by atoms with Gasteiger partial charge in [0.15, 0.2) is 0 Å². The van der Waals surface area contributed by atoms with Gasteiger partial charge in [-0.3, -0.25) is 9.59 Å². The summed E-state index contributed by atoms with van der Waals surface area (Å²) in [6, 6.07) is 10.8. The van der Waals surface area contributed by atoms with Gasteiger partial charge in [-0.2, -0.15) is 0 Å². The van der Waals surface area contributed by atoms with Crippen LogP contribution in [0.25, 0.3) is 0 Å². The second kappa shape index (κ2) is 7.71. The second-order valence-corrected chi connectivity index (χ2v) is 9.03. The van der Waals surface area contributed by atoms with Crippen LogP contribution < -0.4 is 15.4 Å². The van der Waals surface area contributed by atoms with E-state index in [1.807, 2.05) is 0 Å². The van der Waals surface area contributed by atoms with E-state index in [1.165, 1.54) is 36.0 Å². The van der Waals surface area contributed by atoms with Gasteiger partial charge in [-0.15, -0.1) is 11.8 Å². The molecule has 7 nitrogen and oxygen atoms in total. The number of carbonyl (C=O) groups excluding carboxylic acids is 2. The fourth-order valence-corrected chi connectivity index (χ4v) is 4.56. The number of nitrogens with one attached hydrogen (secondary N) is 3. The summed E-state index contributed by atoms with van der Waals surface area (Å²) >= 11 is 1.42. The van der Waals surface area contributed by atoms with Crippen molar-refractivity contribution in [2.45, 2.75) is 29.7 Å². The number of sulfonamides is 1. The molecule has 0 fully saturated rings. The molecule has 0 radical (unpaired) electrons. The Morgan fingerprint density at radius 2 is 1.85 bits per heavy atom. The fourth-order valence-electron chi connectivity index (χ4n) is 2.52. The van der Waals surface area contributed by atoms with Crippen LogP contribution in [0.15, 0.2) is 52.3 Å². The fraction of sp³-hybridized carbons (Fsp3) is 0.222. The third-order valence-electron chi connectivity index (χ3n) is 3.69. The Bertz CT molecular complexity index is 986. The zero-order chi connectivity index (χ0) is 19.6. The molecule has 2 aromatic carbocycles. The summed E-state index contributed by atoms with van der Waals surface area (Å²) in [5.74, 6) is -0.0881. The molecule has 1 aliphatic heterocycles. The molecule has 0 bridgehead atoms. The average Bonchev–Trinajstić information content (AvgIpc) is 2.60. The number of carbonyl (C=O) groups is 2. The predicted molar refractivity (Wildman–Crippen MR) is 106 cm³/mol. The molecule has 3 N–H and O–H groups in total. The van der Waals surface area contributed by atoms with Crippen molar-refractivity contribution in [2.24, 2.45) is 0 Å². The molecule has 0 atom stereocenters. The lowest BCUT2D eigenvalue weighted by atomic mass is 10.1. The monoisotopic (exact) mass is 405 g/mol. The molecule has 2 aromatic rings. The van der Waals surface area contributed by atoms with Gasteiger partial charge in [-0.05, 0) is 56.3 Å². The summed E-state index contributed by atoms with van der Waals surface area (Å²) in [4.78, 5) is 25.0. The number of hydrogen-bond donors (Lipinski definition) is 3. The van der Waals surface area contributed by atoms with Crippen molar-refractivity contribution >= 4 is 45.0 Å². The van der Waals surface area contributed by atoms with E-state index in [2.05, 4.69) is 15.4 Å². The SMILES string of the molecule is CC(C)NS(=O)(=O)c1ccc(NC(=O)c2ccc3c(c2)NC(=O)CS3)cc1. The van der Waals surface area contributed by atoms with E-state index in [0.717, 1.165) is 4.90 Å². The lowest BCUT2D eigenvalue weighted by Gasteiger charge is -2.17. The maximum absolute atomic E-state index is 12.4. The first-order valence-electron chi connectivity index (χ1n) is 8.25. The predicted octanol–water partition coefficient (Wildman–Crippen LogP) is 2.67. The minimum atomic E-state index is -3.58. The minimum absolute atomic E-state index is 0.100. The molecular formula is C18H19N3O4S2. The molecule has 0 unspecified atom stereocenters. The lowest BCUT2D eigenvalue weighted by molar-refractivity contribution is -0.113. The Morgan fingerprint density at radius 3 is 2.52 bits per heavy atom. The van der Waals surface area contributed by atoms with Gasteiger partial charge in [0, 0.05) is 22.2 Å². The van der Waals surface area contributed by atoms with E-state index in [0.29, 0.717) is 22.7 Å². The van der Waals surface area contributed by atoms with Crippen LogP contribution in [-0.4, -0.2) is 32.0 Å². The molecule has 2 amide bonds. The van der Waals surface area contributed by atoms with Crippen molar-refractivity contribution in [1.82, 2.24) is 4.72 Å². The smallest absolute Gasteiger partial charge is 0.255 e. The Labute approximate surface area is 162 Å². The lowest BCUT2D eigenvalue weighted by Crippen LogP contribution is -2.30. The van der Waals surface area contributed by atoms with Crippen LogP contribution in [0.5, 0.6) is 0 Å². The number of anilines is 2. The number of benzene rings is 2. The third-order valence-corrected chi connectivity index (χ3v) is 6.44. The molecule has 0 spiro atoms. The van der Waals surface area contributed by atoms with Gasteiger partial charge in [-0.1, -0.05) is 0 Å². The van der Waals surface area contributed by atoms with Gasteiger partial charge in [-0.25, -0.2) is 13.1 Å². The van der Waals surface area contributed by atoms with Gasteiger partial charge in [0.1, 0.15) is 0 Å². The summed E-state index contributed by atoms with van der Waals surface area (Å²) in [5.41, 5.74) is 1.49. The summed E-state index contributed by atoms with van der Waals surface area (Å²) in [5, 5.41) is 5.47. The van der Waals surface area contributed by atoms with Crippen LogP contribution in [0.4, 0.5) is 11.4 Å². The summed E-state index contributed by atoms with van der Waals surface area (Å²) in [6.45, 7) is 3.48. The Hall–Kier alpha value is -2.36. The van der Waals surface area contributed by atoms with Crippen LogP contribution in [0, 0.1) is 0 Å². The summed E-state index contributed by atoms with van der Waals surface area (Å²) < 4.78 is 26.8. The van der Waals surface area contributed by atoms with Gasteiger partial charge in [0.2, 0.25) is 15.9 Å². The molecule has 9 heteroatoms. The minimum Gasteiger partial charge on any atom is -0.324 e. The normalized spacial score (nSPS) is 13.8. The van der Waals surface area contributed by atoms with Crippen LogP contribution in [0.3, 0.4) is 0 Å². The van der Waals surface area contributed by atoms with E-state index in [1.54, 1.807) is 32.0 Å². The highest BCUT2D eigenvalue weighted by Gasteiger charge is 2.18. The standard InChI is InChI=1S/C18H19N3O4S2/c1-11(2)21-27(24,25)14-6-4-13(5-7-14)19-18(23)12-3-8-16-15(9-12)20-17(22)10-26-16/h3-9,11,21H,10H2,1-2H3,(H,19,23)(H,20,22). The zero-order valence-corrected chi connectivity index (χ0v) is 16.4. The van der Waals surface area contributed by atoms with E-state index >= 15 is 0 Å². The van der Waals surface area contributed by atoms with E-state index < -0.39 is 10.0 Å². The number of thioether (sulfide) groups is 1. The Balaban J connectivity index is 1.73. The van der Waals surface area contributed by atoms with Crippen LogP contribution >= 0.6 is 11.8 Å². The Kier molecular flexibility index (Phi) is 5.54. The summed E-state index contributed by atoms with van der Waals surface area (Å²) in [6.07, 6.45) is 0. The van der Waals surface area contributed by atoms with Crippen LogP contribution in [0.2, 0.25) is 0 Å². The first-order chi connectivity index (χ1) is 12.7. The first kappa shape index (κ1) is 19.4. The molecule has 1 heterocycles. The molecule has 0 aliphatic carbocycles. The maximum atomic E-state index is 12.4. The van der Waals surface area contributed by atoms with Crippen LogP contribution in [-0.2, 0) is 14.8 Å². The highest BCUT2D eigenvalue weighted by molar-refractivity contribution is 8.00. The number of hydrogen-bond acceptors (Lipinski definition) is 5. The van der Waals surface area contributed by atoms with Crippen molar-refractivity contribution in [3.8, 4) is 0 Å². The zero-order valence-electron chi connectivity index (χ0n) is 14.8. The number of amides is 2. The molecule has 142 valence electrons. The molecule has 0 aromatic heterocycles. The Morgan fingerprint density at radius 1 is 1.15 bits per heavy atom. The molecular weight excluding hydrogens is 386 g/mol. The number of rotatable bonds is 5. The summed E-state index contributed by atoms with van der Waals surface area (Å²) in [7, 11) is -3.58. The average molecular weight is 406 g/mol. The van der Waals surface area contributed by atoms with Gasteiger partial charge in [0.25, 0.3) is 5.91 Å². The van der Waals surface area contributed by atoms with Crippen molar-refractivity contribution in [1.29, 1.82) is 0 Å². The van der Waals surface area contributed by atoms with Crippen LogP contribution in [0.1, 0.15) is 24.2 Å². The van der Waals surface area contributed by atoms with E-state index in [4.69, 9.17) is 0 Å². The highest BCUT2D eigenvalue weighted by atomic mass is 32.2. The maximum Gasteiger partial charge on any atom is 0.255 e. The topological polar surface area (TPSA) is 104 Å². The number of fused-ring (bicyclic) bond motifs is 1. The van der Waals surface area contributed by atoms with Crippen molar-refractivity contribution in [3.05, 3.63) is 48.0 Å². The first-order valence-corrected chi connectivity index (χ1v) is 10.7. The molecule has 27 heavy (non-hydrogen) atoms. The molecule has 3 rings (SSSR count). The van der Waals surface area contributed by atoms with Gasteiger partial charge in [0.05, 0.1) is 16.3 Å². The third kappa shape index (κ3) is 4.68. The highest BCUT2D eigenvalue weighted by Crippen LogP contribution is 2.32. The molecule has 1 aliphatic rings. The molecule has 0 saturated carbocycles. The second-order valence-electron chi connectivity index (χ2n) is 6.30. The largest absolute Gasteiger partial charge is 0.324 e. The molecule has 0 saturated heterocycles. The van der Waals surface area contributed by atoms with Gasteiger partial charge < -0.3 is 10.6 Å². The van der Waals surface area contributed by atoms with Crippen molar-refractivity contribution in [2.75, 3.05) is 16.4 Å². The van der Waals surface area contributed by atoms with Gasteiger partial charge >= 0.3 is 0 Å². The van der Waals surface area contributed by atoms with Crippen molar-refractivity contribution in [3.63, 3.8) is 0 Å². The van der Waals surface area contributed by atoms with E-state index in [-0.39, 0.29) is 22.8 Å².